The SMILES string of the molecule is CC(OC1CCCC1N)C(=O)N1CCCCC1. The Kier molecular flexibility index (Phi) is 4.40. The van der Waals surface area contributed by atoms with Gasteiger partial charge in [-0.1, -0.05) is 0 Å². The molecule has 1 aliphatic carbocycles. The van der Waals surface area contributed by atoms with E-state index in [1.165, 1.54) is 6.42 Å². The molecule has 1 aliphatic heterocycles. The highest BCUT2D eigenvalue weighted by Crippen LogP contribution is 2.22. The Hall–Kier alpha value is -0.610. The van der Waals surface area contributed by atoms with Crippen molar-refractivity contribution in [3.63, 3.8) is 0 Å². The lowest BCUT2D eigenvalue weighted by Crippen LogP contribution is -2.44. The van der Waals surface area contributed by atoms with Crippen molar-refractivity contribution in [2.24, 2.45) is 5.73 Å². The number of amides is 1. The van der Waals surface area contributed by atoms with Crippen LogP contribution in [0.4, 0.5) is 0 Å². The maximum absolute atomic E-state index is 12.2. The van der Waals surface area contributed by atoms with Crippen molar-refractivity contribution >= 4 is 5.91 Å². The molecule has 2 rings (SSSR count). The third-order valence-electron chi connectivity index (χ3n) is 3.90. The number of piperidine rings is 1. The molecule has 2 N–H and O–H groups in total. The number of nitrogens with two attached hydrogens (primary N) is 1. The van der Waals surface area contributed by atoms with Crippen molar-refractivity contribution in [3.05, 3.63) is 0 Å². The number of hydrogen-bond acceptors (Lipinski definition) is 3. The van der Waals surface area contributed by atoms with Gasteiger partial charge in [0.15, 0.2) is 0 Å². The number of carbonyl (C=O) groups is 1. The first kappa shape index (κ1) is 12.8. The molecule has 4 nitrogen and oxygen atoms in total. The van der Waals surface area contributed by atoms with E-state index in [4.69, 9.17) is 10.5 Å². The van der Waals surface area contributed by atoms with Crippen molar-refractivity contribution in [1.29, 1.82) is 0 Å². The zero-order valence-electron chi connectivity index (χ0n) is 10.7. The van der Waals surface area contributed by atoms with Crippen LogP contribution in [0.25, 0.3) is 0 Å². The summed E-state index contributed by atoms with van der Waals surface area (Å²) >= 11 is 0. The Bertz CT molecular complexity index is 264. The largest absolute Gasteiger partial charge is 0.364 e. The molecular weight excluding hydrogens is 216 g/mol. The fourth-order valence-electron chi connectivity index (χ4n) is 2.82. The number of carbonyl (C=O) groups excluding carboxylic acids is 1. The van der Waals surface area contributed by atoms with Crippen LogP contribution < -0.4 is 5.73 Å². The van der Waals surface area contributed by atoms with Gasteiger partial charge < -0.3 is 15.4 Å². The van der Waals surface area contributed by atoms with Crippen molar-refractivity contribution in [2.75, 3.05) is 13.1 Å². The van der Waals surface area contributed by atoms with Crippen molar-refractivity contribution in [3.8, 4) is 0 Å². The summed E-state index contributed by atoms with van der Waals surface area (Å²) in [6.45, 7) is 3.65. The molecule has 0 aromatic rings. The minimum Gasteiger partial charge on any atom is -0.364 e. The molecule has 1 saturated carbocycles. The molecule has 3 atom stereocenters. The normalized spacial score (nSPS) is 31.5. The van der Waals surface area contributed by atoms with E-state index in [-0.39, 0.29) is 24.2 Å². The molecule has 1 heterocycles. The molecule has 0 aromatic carbocycles. The second-order valence-electron chi connectivity index (χ2n) is 5.30. The zero-order valence-corrected chi connectivity index (χ0v) is 10.7. The molecular formula is C13H24N2O2. The molecule has 98 valence electrons. The molecule has 1 saturated heterocycles. The van der Waals surface area contributed by atoms with Crippen LogP contribution in [0.2, 0.25) is 0 Å². The molecule has 2 aliphatic rings. The number of rotatable bonds is 3. The highest BCUT2D eigenvalue weighted by molar-refractivity contribution is 5.80. The summed E-state index contributed by atoms with van der Waals surface area (Å²) in [7, 11) is 0. The smallest absolute Gasteiger partial charge is 0.251 e. The molecule has 0 spiro atoms. The summed E-state index contributed by atoms with van der Waals surface area (Å²) in [5.41, 5.74) is 5.96. The van der Waals surface area contributed by atoms with Gasteiger partial charge in [0.25, 0.3) is 5.91 Å². The minimum atomic E-state index is -0.331. The van der Waals surface area contributed by atoms with Crippen LogP contribution in [0.15, 0.2) is 0 Å². The summed E-state index contributed by atoms with van der Waals surface area (Å²) < 4.78 is 5.82. The Morgan fingerprint density at radius 3 is 2.53 bits per heavy atom. The molecule has 17 heavy (non-hydrogen) atoms. The summed E-state index contributed by atoms with van der Waals surface area (Å²) in [5.74, 6) is 0.142. The third-order valence-corrected chi connectivity index (χ3v) is 3.90. The third kappa shape index (κ3) is 3.19. The fourth-order valence-corrected chi connectivity index (χ4v) is 2.82. The zero-order chi connectivity index (χ0) is 12.3. The van der Waals surface area contributed by atoms with Gasteiger partial charge in [0.05, 0.1) is 6.10 Å². The van der Waals surface area contributed by atoms with Gasteiger partial charge in [-0.2, -0.15) is 0 Å². The minimum absolute atomic E-state index is 0.0822. The molecule has 0 aromatic heterocycles. The van der Waals surface area contributed by atoms with E-state index in [9.17, 15) is 4.79 Å². The van der Waals surface area contributed by atoms with Gasteiger partial charge in [0.1, 0.15) is 6.10 Å². The first-order chi connectivity index (χ1) is 8.18. The Balaban J connectivity index is 1.81. The van der Waals surface area contributed by atoms with Crippen molar-refractivity contribution in [2.45, 2.75) is 63.7 Å². The van der Waals surface area contributed by atoms with E-state index in [1.807, 2.05) is 11.8 Å². The molecule has 4 heteroatoms. The van der Waals surface area contributed by atoms with Crippen LogP contribution in [-0.2, 0) is 9.53 Å². The molecule has 0 bridgehead atoms. The van der Waals surface area contributed by atoms with E-state index in [0.29, 0.717) is 0 Å². The second kappa shape index (κ2) is 5.83. The molecule has 2 fully saturated rings. The average molecular weight is 240 g/mol. The van der Waals surface area contributed by atoms with Crippen molar-refractivity contribution < 1.29 is 9.53 Å². The lowest BCUT2D eigenvalue weighted by molar-refractivity contribution is -0.147. The molecule has 3 unspecified atom stereocenters. The summed E-state index contributed by atoms with van der Waals surface area (Å²) in [4.78, 5) is 14.1. The quantitative estimate of drug-likeness (QED) is 0.808. The second-order valence-corrected chi connectivity index (χ2v) is 5.30. The highest BCUT2D eigenvalue weighted by Gasteiger charge is 2.30. The maximum atomic E-state index is 12.2. The maximum Gasteiger partial charge on any atom is 0.251 e. The van der Waals surface area contributed by atoms with Crippen LogP contribution in [0, 0.1) is 0 Å². The fraction of sp³-hybridized carbons (Fsp3) is 0.923. The average Bonchev–Trinajstić information content (AvgIpc) is 2.75. The predicted molar refractivity (Wildman–Crippen MR) is 66.6 cm³/mol. The Morgan fingerprint density at radius 1 is 1.24 bits per heavy atom. The van der Waals surface area contributed by atoms with E-state index < -0.39 is 0 Å². The van der Waals surface area contributed by atoms with Gasteiger partial charge in [-0.05, 0) is 45.4 Å². The van der Waals surface area contributed by atoms with Crippen molar-refractivity contribution in [1.82, 2.24) is 4.90 Å². The monoisotopic (exact) mass is 240 g/mol. The number of ether oxygens (including phenoxy) is 1. The van der Waals surface area contributed by atoms with Crippen LogP contribution in [-0.4, -0.2) is 42.1 Å². The lowest BCUT2D eigenvalue weighted by Gasteiger charge is -2.30. The van der Waals surface area contributed by atoms with Gasteiger partial charge in [0.2, 0.25) is 0 Å². The Labute approximate surface area is 103 Å². The van der Waals surface area contributed by atoms with Crippen LogP contribution in [0.1, 0.15) is 45.4 Å². The highest BCUT2D eigenvalue weighted by atomic mass is 16.5. The van der Waals surface area contributed by atoms with Crippen LogP contribution in [0.5, 0.6) is 0 Å². The summed E-state index contributed by atoms with van der Waals surface area (Å²) in [5, 5.41) is 0. The predicted octanol–water partition coefficient (Wildman–Crippen LogP) is 1.28. The number of likely N-dealkylation sites (tertiary alicyclic amines) is 1. The number of hydrogen-bond donors (Lipinski definition) is 1. The van der Waals surface area contributed by atoms with Gasteiger partial charge in [-0.15, -0.1) is 0 Å². The summed E-state index contributed by atoms with van der Waals surface area (Å²) in [6.07, 6.45) is 6.39. The standard InChI is InChI=1S/C13H24N2O2/c1-10(17-12-7-5-6-11(12)14)13(16)15-8-3-2-4-9-15/h10-12H,2-9,14H2,1H3. The van der Waals surface area contributed by atoms with E-state index in [0.717, 1.165) is 45.2 Å². The van der Waals surface area contributed by atoms with Gasteiger partial charge in [0, 0.05) is 19.1 Å². The first-order valence-electron chi connectivity index (χ1n) is 6.88. The molecule has 0 radical (unpaired) electrons. The topological polar surface area (TPSA) is 55.6 Å². The number of nitrogens with zero attached hydrogens (tertiary/aromatic N) is 1. The van der Waals surface area contributed by atoms with Crippen LogP contribution >= 0.6 is 0 Å². The summed E-state index contributed by atoms with van der Waals surface area (Å²) in [6, 6.07) is 0.117. The van der Waals surface area contributed by atoms with Gasteiger partial charge >= 0.3 is 0 Å². The van der Waals surface area contributed by atoms with Gasteiger partial charge in [-0.3, -0.25) is 4.79 Å². The lowest BCUT2D eigenvalue weighted by atomic mass is 10.1. The molecule has 1 amide bonds. The Morgan fingerprint density at radius 2 is 1.94 bits per heavy atom. The van der Waals surface area contributed by atoms with E-state index >= 15 is 0 Å². The van der Waals surface area contributed by atoms with Crippen LogP contribution in [0.3, 0.4) is 0 Å². The van der Waals surface area contributed by atoms with E-state index in [2.05, 4.69) is 0 Å². The first-order valence-corrected chi connectivity index (χ1v) is 6.88. The van der Waals surface area contributed by atoms with E-state index in [1.54, 1.807) is 0 Å². The van der Waals surface area contributed by atoms with Gasteiger partial charge in [-0.25, -0.2) is 0 Å².